The quantitative estimate of drug-likeness (QED) is 0.823. The highest BCUT2D eigenvalue weighted by atomic mass is 16.5. The lowest BCUT2D eigenvalue weighted by molar-refractivity contribution is 0.0115. The Hall–Kier alpha value is -0.940. The average molecular weight is 263 g/mol. The third-order valence-electron chi connectivity index (χ3n) is 3.65. The van der Waals surface area contributed by atoms with Gasteiger partial charge in [0.2, 0.25) is 0 Å². The minimum atomic E-state index is 0.428. The molecule has 0 aliphatic carbocycles. The maximum Gasteiger partial charge on any atom is 0.0594 e. The van der Waals surface area contributed by atoms with Crippen molar-refractivity contribution >= 4 is 0 Å². The van der Waals surface area contributed by atoms with Crippen LogP contribution in [0.25, 0.3) is 0 Å². The van der Waals surface area contributed by atoms with Crippen LogP contribution < -0.4 is 5.73 Å². The highest BCUT2D eigenvalue weighted by molar-refractivity contribution is 5.14. The first-order chi connectivity index (χ1) is 9.29. The number of likely N-dealkylation sites (N-methyl/N-ethyl adjacent to an activating group) is 1. The summed E-state index contributed by atoms with van der Waals surface area (Å²) in [5.41, 5.74) is 7.29. The summed E-state index contributed by atoms with van der Waals surface area (Å²) >= 11 is 0. The van der Waals surface area contributed by atoms with Crippen molar-refractivity contribution in [1.82, 2.24) is 9.80 Å². The molecule has 1 aliphatic heterocycles. The van der Waals surface area contributed by atoms with Crippen molar-refractivity contribution in [3.8, 4) is 0 Å². The first-order valence-electron chi connectivity index (χ1n) is 7.04. The average Bonchev–Trinajstić information content (AvgIpc) is 2.47. The Morgan fingerprint density at radius 2 is 1.95 bits per heavy atom. The van der Waals surface area contributed by atoms with E-state index in [0.29, 0.717) is 12.6 Å². The minimum absolute atomic E-state index is 0.428. The monoisotopic (exact) mass is 263 g/mol. The zero-order valence-corrected chi connectivity index (χ0v) is 11.8. The molecule has 4 nitrogen and oxygen atoms in total. The van der Waals surface area contributed by atoms with Crippen molar-refractivity contribution in [2.45, 2.75) is 12.6 Å². The molecule has 1 unspecified atom stereocenters. The van der Waals surface area contributed by atoms with E-state index in [2.05, 4.69) is 47.2 Å². The molecule has 19 heavy (non-hydrogen) atoms. The van der Waals surface area contributed by atoms with Gasteiger partial charge in [-0.1, -0.05) is 30.3 Å². The molecule has 1 aromatic carbocycles. The van der Waals surface area contributed by atoms with Crippen molar-refractivity contribution < 1.29 is 4.74 Å². The Morgan fingerprint density at radius 1 is 1.26 bits per heavy atom. The second-order valence-electron chi connectivity index (χ2n) is 5.22. The van der Waals surface area contributed by atoms with Crippen molar-refractivity contribution in [3.05, 3.63) is 35.9 Å². The maximum atomic E-state index is 5.94. The zero-order chi connectivity index (χ0) is 13.5. The molecule has 1 atom stereocenters. The van der Waals surface area contributed by atoms with Gasteiger partial charge >= 0.3 is 0 Å². The lowest BCUT2D eigenvalue weighted by Gasteiger charge is -2.36. The maximum absolute atomic E-state index is 5.94. The number of morpholine rings is 1. The number of ether oxygens (including phenoxy) is 1. The van der Waals surface area contributed by atoms with Gasteiger partial charge in [-0.05, 0) is 12.6 Å². The molecule has 0 bridgehead atoms. The number of hydrogen-bond donors (Lipinski definition) is 1. The van der Waals surface area contributed by atoms with Crippen LogP contribution in [0, 0.1) is 0 Å². The van der Waals surface area contributed by atoms with E-state index < -0.39 is 0 Å². The van der Waals surface area contributed by atoms with Gasteiger partial charge in [-0.25, -0.2) is 0 Å². The molecule has 1 aliphatic rings. The van der Waals surface area contributed by atoms with Crippen molar-refractivity contribution in [2.24, 2.45) is 5.73 Å². The number of nitrogens with zero attached hydrogens (tertiary/aromatic N) is 2. The van der Waals surface area contributed by atoms with Crippen LogP contribution in [0.5, 0.6) is 0 Å². The predicted molar refractivity (Wildman–Crippen MR) is 78.0 cm³/mol. The van der Waals surface area contributed by atoms with E-state index in [4.69, 9.17) is 10.5 Å². The summed E-state index contributed by atoms with van der Waals surface area (Å²) in [6.07, 6.45) is 0. The Labute approximate surface area is 116 Å². The van der Waals surface area contributed by atoms with E-state index in [0.717, 1.165) is 39.4 Å². The van der Waals surface area contributed by atoms with Gasteiger partial charge in [-0.3, -0.25) is 4.90 Å². The number of hydrogen-bond acceptors (Lipinski definition) is 4. The first-order valence-corrected chi connectivity index (χ1v) is 7.04. The second-order valence-corrected chi connectivity index (χ2v) is 5.22. The fourth-order valence-electron chi connectivity index (χ4n) is 2.60. The van der Waals surface area contributed by atoms with Gasteiger partial charge in [-0.2, -0.15) is 0 Å². The summed E-state index contributed by atoms with van der Waals surface area (Å²) in [7, 11) is 2.16. The Morgan fingerprint density at radius 3 is 2.58 bits per heavy atom. The van der Waals surface area contributed by atoms with Crippen LogP contribution >= 0.6 is 0 Å². The fraction of sp³-hybridized carbons (Fsp3) is 0.600. The Kier molecular flexibility index (Phi) is 5.79. The molecule has 0 radical (unpaired) electrons. The van der Waals surface area contributed by atoms with Gasteiger partial charge < -0.3 is 15.4 Å². The molecule has 1 fully saturated rings. The third-order valence-corrected chi connectivity index (χ3v) is 3.65. The van der Waals surface area contributed by atoms with E-state index in [1.165, 1.54) is 5.56 Å². The molecule has 0 spiro atoms. The molecule has 4 heteroatoms. The van der Waals surface area contributed by atoms with Crippen LogP contribution in [0.3, 0.4) is 0 Å². The SMILES string of the molecule is CN(Cc1ccccc1)CC(CN)N1CCOCC1. The third kappa shape index (κ3) is 4.58. The van der Waals surface area contributed by atoms with E-state index in [-0.39, 0.29) is 0 Å². The van der Waals surface area contributed by atoms with Gasteiger partial charge in [-0.15, -0.1) is 0 Å². The van der Waals surface area contributed by atoms with E-state index in [1.54, 1.807) is 0 Å². The van der Waals surface area contributed by atoms with Crippen LogP contribution in [0.2, 0.25) is 0 Å². The smallest absolute Gasteiger partial charge is 0.0594 e. The molecular formula is C15H25N3O. The van der Waals surface area contributed by atoms with E-state index in [9.17, 15) is 0 Å². The van der Waals surface area contributed by atoms with Crippen LogP contribution in [0.4, 0.5) is 0 Å². The molecule has 0 aromatic heterocycles. The van der Waals surface area contributed by atoms with Gasteiger partial charge in [0.1, 0.15) is 0 Å². The molecule has 0 saturated carbocycles. The molecular weight excluding hydrogens is 238 g/mol. The number of nitrogens with two attached hydrogens (primary N) is 1. The van der Waals surface area contributed by atoms with Crippen molar-refractivity contribution in [3.63, 3.8) is 0 Å². The molecule has 1 aromatic rings. The molecule has 2 rings (SSSR count). The summed E-state index contributed by atoms with van der Waals surface area (Å²) in [6.45, 7) is 6.35. The largest absolute Gasteiger partial charge is 0.379 e. The molecule has 1 saturated heterocycles. The normalized spacial score (nSPS) is 18.7. The van der Waals surface area contributed by atoms with Crippen LogP contribution in [-0.4, -0.2) is 62.3 Å². The summed E-state index contributed by atoms with van der Waals surface area (Å²) in [5, 5.41) is 0. The van der Waals surface area contributed by atoms with E-state index >= 15 is 0 Å². The summed E-state index contributed by atoms with van der Waals surface area (Å²) < 4.78 is 5.40. The molecule has 2 N–H and O–H groups in total. The predicted octanol–water partition coefficient (Wildman–Crippen LogP) is 0.778. The van der Waals surface area contributed by atoms with Crippen LogP contribution in [-0.2, 0) is 11.3 Å². The number of benzene rings is 1. The van der Waals surface area contributed by atoms with Gasteiger partial charge in [0.15, 0.2) is 0 Å². The highest BCUT2D eigenvalue weighted by Crippen LogP contribution is 2.07. The van der Waals surface area contributed by atoms with Gasteiger partial charge in [0.05, 0.1) is 13.2 Å². The zero-order valence-electron chi connectivity index (χ0n) is 11.8. The first kappa shape index (κ1) is 14.5. The molecule has 106 valence electrons. The van der Waals surface area contributed by atoms with Crippen LogP contribution in [0.1, 0.15) is 5.56 Å². The summed E-state index contributed by atoms with van der Waals surface area (Å²) in [5.74, 6) is 0. The standard InChI is InChI=1S/C15H25N3O/c1-17(12-14-5-3-2-4-6-14)13-15(11-16)18-7-9-19-10-8-18/h2-6,15H,7-13,16H2,1H3. The van der Waals surface area contributed by atoms with E-state index in [1.807, 2.05) is 0 Å². The summed E-state index contributed by atoms with van der Waals surface area (Å²) in [6, 6.07) is 11.0. The second kappa shape index (κ2) is 7.60. The van der Waals surface area contributed by atoms with Gasteiger partial charge in [0, 0.05) is 38.8 Å². The molecule has 1 heterocycles. The Balaban J connectivity index is 1.83. The Bertz CT molecular complexity index is 352. The lowest BCUT2D eigenvalue weighted by Crippen LogP contribution is -2.51. The lowest BCUT2D eigenvalue weighted by atomic mass is 10.2. The fourth-order valence-corrected chi connectivity index (χ4v) is 2.60. The minimum Gasteiger partial charge on any atom is -0.379 e. The number of rotatable bonds is 6. The molecule has 0 amide bonds. The van der Waals surface area contributed by atoms with Gasteiger partial charge in [0.25, 0.3) is 0 Å². The highest BCUT2D eigenvalue weighted by Gasteiger charge is 2.20. The van der Waals surface area contributed by atoms with Crippen LogP contribution in [0.15, 0.2) is 30.3 Å². The van der Waals surface area contributed by atoms with Crippen molar-refractivity contribution in [2.75, 3.05) is 46.4 Å². The summed E-state index contributed by atoms with van der Waals surface area (Å²) in [4.78, 5) is 4.80. The van der Waals surface area contributed by atoms with Crippen molar-refractivity contribution in [1.29, 1.82) is 0 Å². The topological polar surface area (TPSA) is 41.7 Å².